The van der Waals surface area contributed by atoms with Crippen LogP contribution in [0.25, 0.3) is 0 Å². The molecule has 44 valence electrons. The summed E-state index contributed by atoms with van der Waals surface area (Å²) in [5.41, 5.74) is 0. The fourth-order valence-electron chi connectivity index (χ4n) is 0. The second-order valence-corrected chi connectivity index (χ2v) is 0.224. The van der Waals surface area contributed by atoms with Crippen molar-refractivity contribution < 1.29 is 52.3 Å². The van der Waals surface area contributed by atoms with Crippen LogP contribution in [-0.4, -0.2) is 10.6 Å². The average Bonchev–Trinajstić information content (AvgIpc) is 0.811. The third kappa shape index (κ3) is 533. The maximum absolute atomic E-state index is 8.25. The van der Waals surface area contributed by atoms with Gasteiger partial charge in [-0.3, -0.25) is 0 Å². The molecule has 0 heterocycles. The van der Waals surface area contributed by atoms with Crippen LogP contribution < -0.4 is 6.15 Å². The zero-order valence-electron chi connectivity index (χ0n) is 3.38. The fraction of sp³-hybridized carbons (Fsp3) is 0. The standard InChI is InChI=1S/Ce.NO3.H3N.H2O/c;2-1(3)4;;/h;;1H3;1H2/q;-1;;. The van der Waals surface area contributed by atoms with Crippen LogP contribution in [0.15, 0.2) is 0 Å². The first-order chi connectivity index (χ1) is 1.73. The third-order valence-corrected chi connectivity index (χ3v) is 0. The van der Waals surface area contributed by atoms with Gasteiger partial charge >= 0.3 is 0 Å². The molecule has 0 radical (unpaired) electrons. The molecule has 0 saturated heterocycles. The Hall–Kier alpha value is 0.497. The molecular weight excluding hydrogens is 232 g/mol. The largest absolute Gasteiger partial charge is 0.412 e. The van der Waals surface area contributed by atoms with E-state index in [0.717, 1.165) is 0 Å². The van der Waals surface area contributed by atoms with Gasteiger partial charge in [0.15, 0.2) is 0 Å². The summed E-state index contributed by atoms with van der Waals surface area (Å²) in [6, 6.07) is 0. The molecule has 6 nitrogen and oxygen atoms in total. The first-order valence-electron chi connectivity index (χ1n) is 0.548. The Morgan fingerprint density at radius 3 is 1.29 bits per heavy atom. The van der Waals surface area contributed by atoms with Gasteiger partial charge in [-0.1, -0.05) is 0 Å². The van der Waals surface area contributed by atoms with Crippen LogP contribution in [0.5, 0.6) is 0 Å². The first kappa shape index (κ1) is 25.9. The van der Waals surface area contributed by atoms with Crippen LogP contribution >= 0.6 is 0 Å². The molecule has 0 aromatic carbocycles. The maximum atomic E-state index is 8.25. The predicted octanol–water partition coefficient (Wildman–Crippen LogP) is -0.902. The van der Waals surface area contributed by atoms with Crippen molar-refractivity contribution in [2.45, 2.75) is 0 Å². The summed E-state index contributed by atoms with van der Waals surface area (Å²) in [5.74, 6) is 0. The third-order valence-electron chi connectivity index (χ3n) is 0. The van der Waals surface area contributed by atoms with E-state index >= 15 is 0 Å². The van der Waals surface area contributed by atoms with Gasteiger partial charge in [0.25, 0.3) is 0 Å². The van der Waals surface area contributed by atoms with Crippen molar-refractivity contribution in [3.05, 3.63) is 15.3 Å². The molecule has 0 aliphatic carbocycles. The molecule has 7 heavy (non-hydrogen) atoms. The summed E-state index contributed by atoms with van der Waals surface area (Å²) >= 11 is 0. The Balaban J connectivity index is -0.0000000150. The molecule has 0 aromatic heterocycles. The fourth-order valence-corrected chi connectivity index (χ4v) is 0. The molecular formula is H5CeN2O4-. The smallest absolute Gasteiger partial charge is 0.0689 e. The van der Waals surface area contributed by atoms with Crippen molar-refractivity contribution in [2.75, 3.05) is 0 Å². The number of hydrogen-bond donors (Lipinski definition) is 1. The SMILES string of the molecule is N.O.O=[N+]([O-])[O-].[Ce]. The van der Waals surface area contributed by atoms with E-state index in [1.807, 2.05) is 0 Å². The van der Waals surface area contributed by atoms with Crippen molar-refractivity contribution >= 4 is 0 Å². The van der Waals surface area contributed by atoms with E-state index in [-0.39, 0.29) is 53.4 Å². The average molecular weight is 237 g/mol. The normalized spacial score (nSPS) is 3.43. The molecule has 0 bridgehead atoms. The Morgan fingerprint density at radius 1 is 1.29 bits per heavy atom. The van der Waals surface area contributed by atoms with E-state index < -0.39 is 5.09 Å². The predicted molar refractivity (Wildman–Crippen MR) is 19.0 cm³/mol. The Kier molecular flexibility index (Phi) is 59.4. The van der Waals surface area contributed by atoms with Gasteiger partial charge in [0.2, 0.25) is 0 Å². The van der Waals surface area contributed by atoms with Gasteiger partial charge in [-0.25, -0.2) is 0 Å². The summed E-state index contributed by atoms with van der Waals surface area (Å²) < 4.78 is 0. The number of rotatable bonds is 0. The van der Waals surface area contributed by atoms with Crippen molar-refractivity contribution in [3.63, 3.8) is 0 Å². The molecule has 0 amide bonds. The van der Waals surface area contributed by atoms with Crippen molar-refractivity contribution in [1.82, 2.24) is 6.15 Å². The Morgan fingerprint density at radius 2 is 1.29 bits per heavy atom. The van der Waals surface area contributed by atoms with Gasteiger partial charge in [-0.2, -0.15) is 0 Å². The quantitative estimate of drug-likeness (QED) is 0.431. The number of hydrogen-bond acceptors (Lipinski definition) is 4. The summed E-state index contributed by atoms with van der Waals surface area (Å²) in [4.78, 5) is 8.25. The van der Waals surface area contributed by atoms with E-state index in [1.165, 1.54) is 0 Å². The molecule has 0 aliphatic rings. The van der Waals surface area contributed by atoms with Gasteiger partial charge in [0.05, 0.1) is 5.09 Å². The van der Waals surface area contributed by atoms with Crippen molar-refractivity contribution in [2.24, 2.45) is 0 Å². The summed E-state index contributed by atoms with van der Waals surface area (Å²) in [6.07, 6.45) is 0. The summed E-state index contributed by atoms with van der Waals surface area (Å²) in [7, 11) is 0. The van der Waals surface area contributed by atoms with E-state index in [2.05, 4.69) is 0 Å². The Labute approximate surface area is 73.3 Å². The van der Waals surface area contributed by atoms with Crippen LogP contribution in [0, 0.1) is 57.1 Å². The van der Waals surface area contributed by atoms with Crippen LogP contribution in [0.3, 0.4) is 0 Å². The molecule has 0 spiro atoms. The van der Waals surface area contributed by atoms with Gasteiger partial charge in [0, 0.05) is 41.7 Å². The zero-order valence-corrected chi connectivity index (χ0v) is 6.52. The minimum absolute atomic E-state index is 0. The summed E-state index contributed by atoms with van der Waals surface area (Å²) in [6.45, 7) is 0. The minimum Gasteiger partial charge on any atom is -0.412 e. The molecule has 0 unspecified atom stereocenters. The minimum atomic E-state index is -1.75. The molecule has 5 N–H and O–H groups in total. The van der Waals surface area contributed by atoms with Gasteiger partial charge in [-0.05, 0) is 0 Å². The molecule has 0 saturated carbocycles. The summed E-state index contributed by atoms with van der Waals surface area (Å²) in [5, 5.41) is 14.8. The first-order valence-corrected chi connectivity index (χ1v) is 0.548. The molecule has 0 aromatic rings. The Bertz CT molecular complexity index is 32.7. The van der Waals surface area contributed by atoms with Gasteiger partial charge < -0.3 is 26.9 Å². The van der Waals surface area contributed by atoms with E-state index in [0.29, 0.717) is 0 Å². The maximum Gasteiger partial charge on any atom is 0.0689 e. The van der Waals surface area contributed by atoms with E-state index in [9.17, 15) is 0 Å². The second-order valence-electron chi connectivity index (χ2n) is 0.224. The molecule has 7 heteroatoms. The molecule has 0 rings (SSSR count). The van der Waals surface area contributed by atoms with E-state index in [4.69, 9.17) is 15.3 Å². The van der Waals surface area contributed by atoms with Crippen LogP contribution in [0.1, 0.15) is 0 Å². The van der Waals surface area contributed by atoms with Crippen molar-refractivity contribution in [3.8, 4) is 0 Å². The zero-order chi connectivity index (χ0) is 3.58. The van der Waals surface area contributed by atoms with Crippen LogP contribution in [0.2, 0.25) is 0 Å². The molecule has 0 aliphatic heterocycles. The van der Waals surface area contributed by atoms with Gasteiger partial charge in [-0.15, -0.1) is 0 Å². The van der Waals surface area contributed by atoms with Crippen molar-refractivity contribution in [1.29, 1.82) is 0 Å². The second kappa shape index (κ2) is 16.1. The molecule has 0 fully saturated rings. The van der Waals surface area contributed by atoms with Gasteiger partial charge in [0.1, 0.15) is 0 Å². The van der Waals surface area contributed by atoms with Crippen LogP contribution in [-0.2, 0) is 0 Å². The van der Waals surface area contributed by atoms with E-state index in [1.54, 1.807) is 0 Å². The number of nitrogens with zero attached hydrogens (tertiary/aromatic N) is 1. The monoisotopic (exact) mass is 237 g/mol. The molecule has 0 atom stereocenters. The van der Waals surface area contributed by atoms with Crippen LogP contribution in [0.4, 0.5) is 0 Å². The topological polar surface area (TPSA) is 133 Å².